The summed E-state index contributed by atoms with van der Waals surface area (Å²) in [5.74, 6) is -0.828. The third-order valence-corrected chi connectivity index (χ3v) is 4.16. The normalized spacial score (nSPS) is 15.5. The molecular weight excluding hydrogens is 301 g/mol. The number of carbonyl (C=O) groups excluding carboxylic acids is 1. The highest BCUT2D eigenvalue weighted by Crippen LogP contribution is 2.13. The molecule has 0 aromatic heterocycles. The van der Waals surface area contributed by atoms with Gasteiger partial charge in [-0.3, -0.25) is 4.79 Å². The lowest BCUT2D eigenvalue weighted by atomic mass is 10.0. The maximum Gasteiger partial charge on any atom is 0.254 e. The smallest absolute Gasteiger partial charge is 0.254 e. The van der Waals surface area contributed by atoms with Crippen LogP contribution in [0.25, 0.3) is 0 Å². The van der Waals surface area contributed by atoms with E-state index >= 15 is 0 Å². The lowest BCUT2D eigenvalue weighted by Gasteiger charge is -2.34. The van der Waals surface area contributed by atoms with Crippen molar-refractivity contribution in [2.45, 2.75) is 32.2 Å². The van der Waals surface area contributed by atoms with Crippen molar-refractivity contribution in [3.8, 4) is 0 Å². The van der Waals surface area contributed by atoms with E-state index < -0.39 is 5.82 Å². The average molecular weight is 323 g/mol. The predicted molar refractivity (Wildman–Crippen MR) is 89.4 cm³/mol. The van der Waals surface area contributed by atoms with Gasteiger partial charge in [-0.25, -0.2) is 4.39 Å². The van der Waals surface area contributed by atoms with Crippen molar-refractivity contribution in [1.82, 2.24) is 15.5 Å². The van der Waals surface area contributed by atoms with Crippen LogP contribution in [0.2, 0.25) is 0 Å². The standard InChI is InChI=1S/C16H22FN3OS/c1-2-9-18-16(22)20-10-7-12(8-11-20)19-15(21)13-5-3-4-6-14(13)17/h3-6,12H,2,7-11H2,1H3,(H,18,22)(H,19,21). The quantitative estimate of drug-likeness (QED) is 0.835. The number of carbonyl (C=O) groups is 1. The zero-order valence-electron chi connectivity index (χ0n) is 12.8. The number of nitrogens with one attached hydrogen (secondary N) is 2. The molecule has 2 N–H and O–H groups in total. The molecule has 0 saturated carbocycles. The van der Waals surface area contributed by atoms with Crippen LogP contribution in [0.1, 0.15) is 36.5 Å². The van der Waals surface area contributed by atoms with E-state index in [1.165, 1.54) is 12.1 Å². The molecular formula is C16H22FN3OS. The zero-order valence-corrected chi connectivity index (χ0v) is 13.6. The molecule has 1 aliphatic heterocycles. The van der Waals surface area contributed by atoms with Crippen molar-refractivity contribution in [3.63, 3.8) is 0 Å². The number of piperidine rings is 1. The summed E-state index contributed by atoms with van der Waals surface area (Å²) in [5, 5.41) is 6.90. The minimum Gasteiger partial charge on any atom is -0.363 e. The van der Waals surface area contributed by atoms with Crippen molar-refractivity contribution in [2.24, 2.45) is 0 Å². The van der Waals surface area contributed by atoms with Crippen molar-refractivity contribution in [1.29, 1.82) is 0 Å². The molecule has 1 amide bonds. The monoisotopic (exact) mass is 323 g/mol. The molecule has 1 fully saturated rings. The summed E-state index contributed by atoms with van der Waals surface area (Å²) < 4.78 is 13.6. The molecule has 1 saturated heterocycles. The Morgan fingerprint density at radius 1 is 1.36 bits per heavy atom. The first-order chi connectivity index (χ1) is 10.6. The molecule has 4 nitrogen and oxygen atoms in total. The number of thiocarbonyl (C=S) groups is 1. The van der Waals surface area contributed by atoms with Gasteiger partial charge in [0.05, 0.1) is 5.56 Å². The fourth-order valence-electron chi connectivity index (χ4n) is 2.48. The first kappa shape index (κ1) is 16.7. The Bertz CT molecular complexity index is 530. The first-order valence-electron chi connectivity index (χ1n) is 7.70. The second kappa shape index (κ2) is 8.08. The molecule has 0 unspecified atom stereocenters. The number of nitrogens with zero attached hydrogens (tertiary/aromatic N) is 1. The van der Waals surface area contributed by atoms with Crippen molar-refractivity contribution in [3.05, 3.63) is 35.6 Å². The van der Waals surface area contributed by atoms with Crippen LogP contribution in [0.4, 0.5) is 4.39 Å². The summed E-state index contributed by atoms with van der Waals surface area (Å²) in [5.41, 5.74) is 0.102. The average Bonchev–Trinajstić information content (AvgIpc) is 2.53. The molecule has 0 aliphatic carbocycles. The number of benzene rings is 1. The Kier molecular flexibility index (Phi) is 6.12. The van der Waals surface area contributed by atoms with Crippen LogP contribution in [-0.2, 0) is 0 Å². The van der Waals surface area contributed by atoms with E-state index in [1.54, 1.807) is 12.1 Å². The van der Waals surface area contributed by atoms with E-state index in [0.29, 0.717) is 0 Å². The van der Waals surface area contributed by atoms with Crippen molar-refractivity contribution in [2.75, 3.05) is 19.6 Å². The Morgan fingerprint density at radius 2 is 2.05 bits per heavy atom. The first-order valence-corrected chi connectivity index (χ1v) is 8.10. The van der Waals surface area contributed by atoms with Crippen molar-refractivity contribution < 1.29 is 9.18 Å². The molecule has 2 rings (SSSR count). The van der Waals surface area contributed by atoms with E-state index in [-0.39, 0.29) is 17.5 Å². The molecule has 0 bridgehead atoms. The van der Waals surface area contributed by atoms with Crippen LogP contribution in [0.5, 0.6) is 0 Å². The number of hydrogen-bond donors (Lipinski definition) is 2. The van der Waals surface area contributed by atoms with Gasteiger partial charge in [-0.15, -0.1) is 0 Å². The van der Waals surface area contributed by atoms with E-state index in [2.05, 4.69) is 22.5 Å². The summed E-state index contributed by atoms with van der Waals surface area (Å²) in [6.07, 6.45) is 2.66. The summed E-state index contributed by atoms with van der Waals surface area (Å²) >= 11 is 5.34. The van der Waals surface area contributed by atoms with Gasteiger partial charge in [0.2, 0.25) is 0 Å². The summed E-state index contributed by atoms with van der Waals surface area (Å²) in [6, 6.07) is 6.11. The lowest BCUT2D eigenvalue weighted by molar-refractivity contribution is 0.0918. The van der Waals surface area contributed by atoms with Gasteiger partial charge in [0.15, 0.2) is 5.11 Å². The summed E-state index contributed by atoms with van der Waals surface area (Å²) in [6.45, 7) is 4.58. The summed E-state index contributed by atoms with van der Waals surface area (Å²) in [7, 11) is 0. The molecule has 0 atom stereocenters. The summed E-state index contributed by atoms with van der Waals surface area (Å²) in [4.78, 5) is 14.2. The Hall–Kier alpha value is -1.69. The van der Waals surface area contributed by atoms with Crippen LogP contribution in [0, 0.1) is 5.82 Å². The van der Waals surface area contributed by atoms with Gasteiger partial charge in [-0.05, 0) is 43.6 Å². The van der Waals surface area contributed by atoms with Gasteiger partial charge in [0.1, 0.15) is 5.82 Å². The number of halogens is 1. The molecule has 1 heterocycles. The van der Waals surface area contributed by atoms with Crippen molar-refractivity contribution >= 4 is 23.2 Å². The molecule has 1 aromatic carbocycles. The molecule has 6 heteroatoms. The fraction of sp³-hybridized carbons (Fsp3) is 0.500. The Morgan fingerprint density at radius 3 is 2.68 bits per heavy atom. The minimum absolute atomic E-state index is 0.0670. The van der Waals surface area contributed by atoms with Gasteiger partial charge in [-0.2, -0.15) is 0 Å². The zero-order chi connectivity index (χ0) is 15.9. The third kappa shape index (κ3) is 4.40. The van der Waals surface area contributed by atoms with E-state index in [0.717, 1.165) is 44.0 Å². The van der Waals surface area contributed by atoms with E-state index in [1.807, 2.05) is 0 Å². The third-order valence-electron chi connectivity index (χ3n) is 3.76. The highest BCUT2D eigenvalue weighted by Gasteiger charge is 2.23. The SMILES string of the molecule is CCCNC(=S)N1CCC(NC(=O)c2ccccc2F)CC1. The maximum atomic E-state index is 13.6. The van der Waals surface area contributed by atoms with Crippen LogP contribution >= 0.6 is 12.2 Å². The Balaban J connectivity index is 1.81. The number of amides is 1. The largest absolute Gasteiger partial charge is 0.363 e. The van der Waals surface area contributed by atoms with Gasteiger partial charge in [0, 0.05) is 25.7 Å². The number of likely N-dealkylation sites (tertiary alicyclic amines) is 1. The number of hydrogen-bond acceptors (Lipinski definition) is 2. The van der Waals surface area contributed by atoms with Gasteiger partial charge < -0.3 is 15.5 Å². The molecule has 22 heavy (non-hydrogen) atoms. The second-order valence-electron chi connectivity index (χ2n) is 5.45. The fourth-order valence-corrected chi connectivity index (χ4v) is 2.76. The topological polar surface area (TPSA) is 44.4 Å². The second-order valence-corrected chi connectivity index (χ2v) is 5.83. The van der Waals surface area contributed by atoms with Crippen LogP contribution in [0.3, 0.4) is 0 Å². The minimum atomic E-state index is -0.484. The molecule has 0 spiro atoms. The molecule has 120 valence electrons. The maximum absolute atomic E-state index is 13.6. The van der Waals surface area contributed by atoms with Gasteiger partial charge >= 0.3 is 0 Å². The van der Waals surface area contributed by atoms with Crippen LogP contribution < -0.4 is 10.6 Å². The van der Waals surface area contributed by atoms with E-state index in [4.69, 9.17) is 12.2 Å². The molecule has 1 aromatic rings. The highest BCUT2D eigenvalue weighted by molar-refractivity contribution is 7.80. The van der Waals surface area contributed by atoms with Gasteiger partial charge in [-0.1, -0.05) is 19.1 Å². The van der Waals surface area contributed by atoms with Crippen LogP contribution in [-0.4, -0.2) is 41.6 Å². The van der Waals surface area contributed by atoms with Crippen LogP contribution in [0.15, 0.2) is 24.3 Å². The molecule has 0 radical (unpaired) electrons. The highest BCUT2D eigenvalue weighted by atomic mass is 32.1. The van der Waals surface area contributed by atoms with E-state index in [9.17, 15) is 9.18 Å². The predicted octanol–water partition coefficient (Wildman–Crippen LogP) is 2.30. The number of rotatable bonds is 4. The molecule has 1 aliphatic rings. The van der Waals surface area contributed by atoms with Gasteiger partial charge in [0.25, 0.3) is 5.91 Å². The Labute approximate surface area is 136 Å². The lowest BCUT2D eigenvalue weighted by Crippen LogP contribution is -2.49.